The molecule has 56 valence electrons. The molecule has 0 aliphatic rings. The second-order valence-corrected chi connectivity index (χ2v) is 2.83. The molecule has 0 amide bonds. The molecule has 0 radical (unpaired) electrons. The van der Waals surface area contributed by atoms with Crippen molar-refractivity contribution in [1.29, 1.82) is 0 Å². The Morgan fingerprint density at radius 2 is 2.00 bits per heavy atom. The molecule has 2 N–H and O–H groups in total. The first-order chi connectivity index (χ1) is 4.00. The van der Waals surface area contributed by atoms with Crippen molar-refractivity contribution in [2.24, 2.45) is 5.73 Å². The molecule has 0 aromatic rings. The van der Waals surface area contributed by atoms with Crippen LogP contribution in [0.2, 0.25) is 0 Å². The van der Waals surface area contributed by atoms with Crippen LogP contribution in [0.1, 0.15) is 27.7 Å². The zero-order valence-electron chi connectivity index (χ0n) is 6.77. The van der Waals surface area contributed by atoms with Crippen LogP contribution in [0.3, 0.4) is 0 Å². The maximum atomic E-state index is 5.63. The molecule has 0 fully saturated rings. The topological polar surface area (TPSA) is 35.2 Å². The molecule has 9 heavy (non-hydrogen) atoms. The summed E-state index contributed by atoms with van der Waals surface area (Å²) in [6.07, 6.45) is 0. The average molecular weight is 131 g/mol. The molecule has 1 unspecified atom stereocenters. The van der Waals surface area contributed by atoms with Crippen LogP contribution >= 0.6 is 0 Å². The molecular weight excluding hydrogens is 114 g/mol. The van der Waals surface area contributed by atoms with Crippen molar-refractivity contribution in [2.75, 3.05) is 6.61 Å². The van der Waals surface area contributed by atoms with Gasteiger partial charge in [-0.3, -0.25) is 0 Å². The summed E-state index contributed by atoms with van der Waals surface area (Å²) in [5, 5.41) is 0. The van der Waals surface area contributed by atoms with Crippen LogP contribution < -0.4 is 5.73 Å². The van der Waals surface area contributed by atoms with Crippen molar-refractivity contribution in [2.45, 2.75) is 39.3 Å². The van der Waals surface area contributed by atoms with Crippen LogP contribution in [0.15, 0.2) is 0 Å². The van der Waals surface area contributed by atoms with Crippen LogP contribution in [-0.4, -0.2) is 18.2 Å². The van der Waals surface area contributed by atoms with E-state index in [9.17, 15) is 0 Å². The second-order valence-electron chi connectivity index (χ2n) is 2.83. The van der Waals surface area contributed by atoms with Crippen molar-refractivity contribution in [3.63, 3.8) is 0 Å². The van der Waals surface area contributed by atoms with E-state index in [2.05, 4.69) is 0 Å². The summed E-state index contributed by atoms with van der Waals surface area (Å²) in [5.41, 5.74) is 5.46. The lowest BCUT2D eigenvalue weighted by Gasteiger charge is -2.28. The predicted molar refractivity (Wildman–Crippen MR) is 39.4 cm³/mol. The van der Waals surface area contributed by atoms with Crippen molar-refractivity contribution < 1.29 is 4.74 Å². The fraction of sp³-hybridized carbons (Fsp3) is 1.00. The van der Waals surface area contributed by atoms with Gasteiger partial charge in [0, 0.05) is 12.6 Å². The Balaban J connectivity index is 3.70. The number of ether oxygens (including phenoxy) is 1. The van der Waals surface area contributed by atoms with Crippen molar-refractivity contribution in [3.8, 4) is 0 Å². The summed E-state index contributed by atoms with van der Waals surface area (Å²) in [6, 6.07) is 0.0949. The molecule has 0 spiro atoms. The van der Waals surface area contributed by atoms with E-state index in [1.165, 1.54) is 0 Å². The summed E-state index contributed by atoms with van der Waals surface area (Å²) in [7, 11) is 0. The lowest BCUT2D eigenvalue weighted by Crippen LogP contribution is -2.43. The van der Waals surface area contributed by atoms with Gasteiger partial charge >= 0.3 is 0 Å². The van der Waals surface area contributed by atoms with Crippen molar-refractivity contribution in [3.05, 3.63) is 0 Å². The minimum atomic E-state index is -0.172. The highest BCUT2D eigenvalue weighted by Crippen LogP contribution is 2.11. The molecule has 0 aliphatic heterocycles. The largest absolute Gasteiger partial charge is 0.374 e. The summed E-state index contributed by atoms with van der Waals surface area (Å²) in [5.74, 6) is 0. The van der Waals surface area contributed by atoms with E-state index < -0.39 is 0 Å². The quantitative estimate of drug-likeness (QED) is 0.623. The fourth-order valence-corrected chi connectivity index (χ4v) is 0.503. The van der Waals surface area contributed by atoms with Gasteiger partial charge in [0.15, 0.2) is 0 Å². The molecule has 2 heteroatoms. The van der Waals surface area contributed by atoms with E-state index in [4.69, 9.17) is 10.5 Å². The van der Waals surface area contributed by atoms with Crippen molar-refractivity contribution >= 4 is 0 Å². The van der Waals surface area contributed by atoms with E-state index in [-0.39, 0.29) is 11.6 Å². The monoisotopic (exact) mass is 131 g/mol. The first-order valence-electron chi connectivity index (χ1n) is 3.40. The summed E-state index contributed by atoms with van der Waals surface area (Å²) in [4.78, 5) is 0. The number of hydrogen-bond acceptors (Lipinski definition) is 2. The van der Waals surface area contributed by atoms with E-state index in [0.717, 1.165) is 6.61 Å². The predicted octanol–water partition coefficient (Wildman–Crippen LogP) is 1.15. The van der Waals surface area contributed by atoms with Gasteiger partial charge < -0.3 is 10.5 Å². The Hall–Kier alpha value is -0.0800. The Labute approximate surface area is 57.4 Å². The third kappa shape index (κ3) is 2.82. The van der Waals surface area contributed by atoms with E-state index in [1.54, 1.807) is 0 Å². The second kappa shape index (κ2) is 3.18. The maximum absolute atomic E-state index is 5.63. The fourth-order valence-electron chi connectivity index (χ4n) is 0.503. The highest BCUT2D eigenvalue weighted by molar-refractivity contribution is 4.78. The van der Waals surface area contributed by atoms with Crippen LogP contribution in [-0.2, 0) is 4.74 Å². The molecule has 0 saturated heterocycles. The van der Waals surface area contributed by atoms with Gasteiger partial charge in [-0.25, -0.2) is 0 Å². The number of nitrogens with two attached hydrogens (primary N) is 1. The summed E-state index contributed by atoms with van der Waals surface area (Å²) < 4.78 is 5.37. The Morgan fingerprint density at radius 1 is 1.56 bits per heavy atom. The molecule has 1 atom stereocenters. The third-order valence-corrected chi connectivity index (χ3v) is 1.61. The normalized spacial score (nSPS) is 15.7. The molecule has 0 aromatic carbocycles. The van der Waals surface area contributed by atoms with Gasteiger partial charge in [0.2, 0.25) is 0 Å². The summed E-state index contributed by atoms with van der Waals surface area (Å²) in [6.45, 7) is 8.66. The summed E-state index contributed by atoms with van der Waals surface area (Å²) >= 11 is 0. The van der Waals surface area contributed by atoms with Gasteiger partial charge in [-0.2, -0.15) is 0 Å². The molecule has 2 nitrogen and oxygen atoms in total. The molecule has 0 aromatic heterocycles. The first-order valence-corrected chi connectivity index (χ1v) is 3.40. The van der Waals surface area contributed by atoms with E-state index in [0.29, 0.717) is 0 Å². The van der Waals surface area contributed by atoms with Gasteiger partial charge in [-0.15, -0.1) is 0 Å². The van der Waals surface area contributed by atoms with Crippen LogP contribution in [0.5, 0.6) is 0 Å². The SMILES string of the molecule is CCOC(C)(C)C(C)N. The van der Waals surface area contributed by atoms with Crippen LogP contribution in [0, 0.1) is 0 Å². The van der Waals surface area contributed by atoms with E-state index >= 15 is 0 Å². The molecule has 0 aliphatic carbocycles. The zero-order valence-corrected chi connectivity index (χ0v) is 6.77. The molecule has 0 rings (SSSR count). The molecular formula is C7H17NO. The lowest BCUT2D eigenvalue weighted by molar-refractivity contribution is -0.0248. The first kappa shape index (κ1) is 8.92. The standard InChI is InChI=1S/C7H17NO/c1-5-9-7(3,4)6(2)8/h6H,5,8H2,1-4H3. The average Bonchev–Trinajstić information content (AvgIpc) is 1.65. The van der Waals surface area contributed by atoms with Gasteiger partial charge in [-0.1, -0.05) is 0 Å². The van der Waals surface area contributed by atoms with Crippen LogP contribution in [0.4, 0.5) is 0 Å². The van der Waals surface area contributed by atoms with Gasteiger partial charge in [-0.05, 0) is 27.7 Å². The zero-order chi connectivity index (χ0) is 7.49. The minimum Gasteiger partial charge on any atom is -0.374 e. The molecule has 0 heterocycles. The van der Waals surface area contributed by atoms with E-state index in [1.807, 2.05) is 27.7 Å². The lowest BCUT2D eigenvalue weighted by atomic mass is 10.0. The Kier molecular flexibility index (Phi) is 3.15. The van der Waals surface area contributed by atoms with Gasteiger partial charge in [0.05, 0.1) is 5.60 Å². The Bertz CT molecular complexity index is 79.0. The third-order valence-electron chi connectivity index (χ3n) is 1.61. The maximum Gasteiger partial charge on any atom is 0.0773 e. The van der Waals surface area contributed by atoms with Crippen LogP contribution in [0.25, 0.3) is 0 Å². The number of rotatable bonds is 3. The molecule has 0 bridgehead atoms. The highest BCUT2D eigenvalue weighted by Gasteiger charge is 2.21. The minimum absolute atomic E-state index is 0.0949. The molecule has 0 saturated carbocycles. The number of hydrogen-bond donors (Lipinski definition) is 1. The Morgan fingerprint density at radius 3 is 2.11 bits per heavy atom. The smallest absolute Gasteiger partial charge is 0.0773 e. The highest BCUT2D eigenvalue weighted by atomic mass is 16.5. The van der Waals surface area contributed by atoms with Gasteiger partial charge in [0.25, 0.3) is 0 Å². The van der Waals surface area contributed by atoms with Gasteiger partial charge in [0.1, 0.15) is 0 Å². The van der Waals surface area contributed by atoms with Crippen molar-refractivity contribution in [1.82, 2.24) is 0 Å².